The maximum atomic E-state index is 12.6. The number of alkyl halides is 3. The Bertz CT molecular complexity index is 722. The summed E-state index contributed by atoms with van der Waals surface area (Å²) >= 11 is 0.499. The minimum atomic E-state index is -4.49. The molecular formula is C13H13F3N4O3S. The Balaban J connectivity index is 1.61. The van der Waals surface area contributed by atoms with E-state index in [-0.39, 0.29) is 22.7 Å². The molecule has 0 radical (unpaired) electrons. The summed E-state index contributed by atoms with van der Waals surface area (Å²) in [4.78, 5) is 15.5. The van der Waals surface area contributed by atoms with Gasteiger partial charge in [0.25, 0.3) is 11.9 Å². The van der Waals surface area contributed by atoms with Crippen LogP contribution in [0.5, 0.6) is 5.95 Å². The first-order valence-corrected chi connectivity index (χ1v) is 7.79. The molecule has 1 fully saturated rings. The molecule has 0 aromatic carbocycles. The summed E-state index contributed by atoms with van der Waals surface area (Å²) in [6.07, 6.45) is -4.49. The van der Waals surface area contributed by atoms with Crippen molar-refractivity contribution >= 4 is 22.4 Å². The number of furan rings is 1. The molecule has 1 aliphatic rings. The SMILES string of the molecule is COc1ccc(C(=O)N2CCN(c3nnc(C(F)(F)F)s3)CC2)o1. The molecule has 0 N–H and O–H groups in total. The lowest BCUT2D eigenvalue weighted by Crippen LogP contribution is -2.48. The molecule has 7 nitrogen and oxygen atoms in total. The molecule has 3 heterocycles. The van der Waals surface area contributed by atoms with Crippen LogP contribution >= 0.6 is 11.3 Å². The molecule has 0 aliphatic carbocycles. The van der Waals surface area contributed by atoms with Gasteiger partial charge in [-0.1, -0.05) is 11.3 Å². The third kappa shape index (κ3) is 3.30. The minimum absolute atomic E-state index is 0.163. The zero-order chi connectivity index (χ0) is 17.3. The number of halogens is 3. The van der Waals surface area contributed by atoms with Gasteiger partial charge < -0.3 is 19.0 Å². The maximum absolute atomic E-state index is 12.6. The van der Waals surface area contributed by atoms with E-state index in [1.54, 1.807) is 15.9 Å². The van der Waals surface area contributed by atoms with Gasteiger partial charge in [-0.3, -0.25) is 4.79 Å². The smallest absolute Gasteiger partial charge is 0.445 e. The molecule has 130 valence electrons. The van der Waals surface area contributed by atoms with Crippen molar-refractivity contribution in [2.24, 2.45) is 0 Å². The highest BCUT2D eigenvalue weighted by atomic mass is 32.1. The summed E-state index contributed by atoms with van der Waals surface area (Å²) < 4.78 is 47.8. The molecule has 0 spiro atoms. The Morgan fingerprint density at radius 1 is 1.25 bits per heavy atom. The van der Waals surface area contributed by atoms with Gasteiger partial charge in [-0.2, -0.15) is 13.2 Å². The van der Waals surface area contributed by atoms with E-state index >= 15 is 0 Å². The number of anilines is 1. The predicted molar refractivity (Wildman–Crippen MR) is 78.3 cm³/mol. The number of hydrogen-bond acceptors (Lipinski definition) is 7. The van der Waals surface area contributed by atoms with E-state index in [9.17, 15) is 18.0 Å². The number of carbonyl (C=O) groups is 1. The Labute approximate surface area is 138 Å². The van der Waals surface area contributed by atoms with E-state index in [4.69, 9.17) is 9.15 Å². The number of amides is 1. The van der Waals surface area contributed by atoms with Gasteiger partial charge in [0.2, 0.25) is 10.1 Å². The van der Waals surface area contributed by atoms with E-state index in [1.165, 1.54) is 13.2 Å². The van der Waals surface area contributed by atoms with Crippen LogP contribution in [0.3, 0.4) is 0 Å². The molecule has 0 unspecified atom stereocenters. The molecule has 2 aromatic heterocycles. The predicted octanol–water partition coefficient (Wildman–Crippen LogP) is 2.12. The van der Waals surface area contributed by atoms with Crippen LogP contribution in [-0.2, 0) is 6.18 Å². The maximum Gasteiger partial charge on any atom is 0.445 e. The normalized spacial score (nSPS) is 15.7. The highest BCUT2D eigenvalue weighted by Gasteiger charge is 2.36. The summed E-state index contributed by atoms with van der Waals surface area (Å²) in [5, 5.41) is 5.98. The van der Waals surface area contributed by atoms with Crippen molar-refractivity contribution in [2.75, 3.05) is 38.2 Å². The summed E-state index contributed by atoms with van der Waals surface area (Å²) in [5.41, 5.74) is 0. The Morgan fingerprint density at radius 2 is 1.96 bits per heavy atom. The van der Waals surface area contributed by atoms with Crippen LogP contribution in [0, 0.1) is 0 Å². The van der Waals surface area contributed by atoms with E-state index in [1.807, 2.05) is 0 Å². The fourth-order valence-electron chi connectivity index (χ4n) is 2.26. The Morgan fingerprint density at radius 3 is 2.50 bits per heavy atom. The highest BCUT2D eigenvalue weighted by Crippen LogP contribution is 2.34. The van der Waals surface area contributed by atoms with Gasteiger partial charge in [0.05, 0.1) is 7.11 Å². The van der Waals surface area contributed by atoms with Gasteiger partial charge in [0.1, 0.15) is 0 Å². The van der Waals surface area contributed by atoms with Gasteiger partial charge in [0.15, 0.2) is 5.76 Å². The quantitative estimate of drug-likeness (QED) is 0.833. The highest BCUT2D eigenvalue weighted by molar-refractivity contribution is 7.15. The van der Waals surface area contributed by atoms with Gasteiger partial charge in [-0.05, 0) is 6.07 Å². The topological polar surface area (TPSA) is 71.7 Å². The van der Waals surface area contributed by atoms with Crippen LogP contribution in [-0.4, -0.2) is 54.3 Å². The van der Waals surface area contributed by atoms with Crippen LogP contribution in [0.25, 0.3) is 0 Å². The molecule has 0 saturated carbocycles. The summed E-state index contributed by atoms with van der Waals surface area (Å²) in [6.45, 7) is 1.44. The fraction of sp³-hybridized carbons (Fsp3) is 0.462. The van der Waals surface area contributed by atoms with Crippen molar-refractivity contribution in [1.29, 1.82) is 0 Å². The molecule has 1 aliphatic heterocycles. The number of piperazine rings is 1. The third-order valence-electron chi connectivity index (χ3n) is 3.49. The molecular weight excluding hydrogens is 349 g/mol. The van der Waals surface area contributed by atoms with Gasteiger partial charge in [-0.25, -0.2) is 0 Å². The summed E-state index contributed by atoms with van der Waals surface area (Å²) in [5.74, 6) is 0.118. The number of hydrogen-bond donors (Lipinski definition) is 0. The van der Waals surface area contributed by atoms with Crippen LogP contribution in [0.2, 0.25) is 0 Å². The third-order valence-corrected chi connectivity index (χ3v) is 4.52. The molecule has 1 amide bonds. The second-order valence-corrected chi connectivity index (χ2v) is 5.95. The number of rotatable bonds is 3. The molecule has 24 heavy (non-hydrogen) atoms. The van der Waals surface area contributed by atoms with Crippen molar-refractivity contribution < 1.29 is 27.1 Å². The Kier molecular flexibility index (Phi) is 4.35. The van der Waals surface area contributed by atoms with E-state index in [2.05, 4.69) is 10.2 Å². The van der Waals surface area contributed by atoms with Crippen molar-refractivity contribution in [3.8, 4) is 5.95 Å². The molecule has 1 saturated heterocycles. The van der Waals surface area contributed by atoms with Crippen molar-refractivity contribution in [1.82, 2.24) is 15.1 Å². The van der Waals surface area contributed by atoms with Crippen LogP contribution in [0.4, 0.5) is 18.3 Å². The fourth-order valence-corrected chi connectivity index (χ4v) is 3.02. The van der Waals surface area contributed by atoms with Crippen molar-refractivity contribution in [3.05, 3.63) is 22.9 Å². The molecule has 2 aromatic rings. The van der Waals surface area contributed by atoms with Crippen molar-refractivity contribution in [2.45, 2.75) is 6.18 Å². The van der Waals surface area contributed by atoms with Gasteiger partial charge >= 0.3 is 6.18 Å². The van der Waals surface area contributed by atoms with E-state index in [0.717, 1.165) is 0 Å². The summed E-state index contributed by atoms with van der Waals surface area (Å²) in [6, 6.07) is 3.07. The van der Waals surface area contributed by atoms with E-state index < -0.39 is 11.2 Å². The second kappa shape index (κ2) is 6.30. The standard InChI is InChI=1S/C13H13F3N4O3S/c1-22-9-3-2-8(23-9)10(21)19-4-6-20(7-5-19)12-18-17-11(24-12)13(14,15)16/h2-3H,4-7H2,1H3. The van der Waals surface area contributed by atoms with Crippen LogP contribution in [0.15, 0.2) is 16.5 Å². The molecule has 11 heteroatoms. The molecule has 0 atom stereocenters. The number of aromatic nitrogens is 2. The van der Waals surface area contributed by atoms with Crippen LogP contribution in [0.1, 0.15) is 15.6 Å². The number of nitrogens with zero attached hydrogens (tertiary/aromatic N) is 4. The second-order valence-electron chi connectivity index (χ2n) is 4.99. The first kappa shape index (κ1) is 16.6. The minimum Gasteiger partial charge on any atom is -0.468 e. The lowest BCUT2D eigenvalue weighted by atomic mass is 10.3. The average Bonchev–Trinajstić information content (AvgIpc) is 3.23. The van der Waals surface area contributed by atoms with Gasteiger partial charge in [-0.15, -0.1) is 10.2 Å². The first-order chi connectivity index (χ1) is 11.4. The average molecular weight is 362 g/mol. The first-order valence-electron chi connectivity index (χ1n) is 6.97. The molecule has 3 rings (SSSR count). The number of carbonyl (C=O) groups excluding carboxylic acids is 1. The largest absolute Gasteiger partial charge is 0.468 e. The van der Waals surface area contributed by atoms with Gasteiger partial charge in [0, 0.05) is 32.2 Å². The number of methoxy groups -OCH3 is 1. The zero-order valence-electron chi connectivity index (χ0n) is 12.5. The van der Waals surface area contributed by atoms with Crippen molar-refractivity contribution in [3.63, 3.8) is 0 Å². The zero-order valence-corrected chi connectivity index (χ0v) is 13.4. The molecule has 0 bridgehead atoms. The lowest BCUT2D eigenvalue weighted by Gasteiger charge is -2.33. The Hall–Kier alpha value is -2.30. The van der Waals surface area contributed by atoms with E-state index in [0.29, 0.717) is 37.5 Å². The van der Waals surface area contributed by atoms with Crippen LogP contribution < -0.4 is 9.64 Å². The number of ether oxygens (including phenoxy) is 1. The lowest BCUT2D eigenvalue weighted by molar-refractivity contribution is -0.138. The monoisotopic (exact) mass is 362 g/mol. The summed E-state index contributed by atoms with van der Waals surface area (Å²) in [7, 11) is 1.43.